The molecule has 2 N–H and O–H groups in total. The van der Waals surface area contributed by atoms with Gasteiger partial charge in [0.1, 0.15) is 0 Å². The Kier molecular flexibility index (Phi) is 5.01. The Labute approximate surface area is 180 Å². The fraction of sp³-hybridized carbons (Fsp3) is 0.273. The van der Waals surface area contributed by atoms with Gasteiger partial charge in [-0.1, -0.05) is 13.8 Å². The van der Waals surface area contributed by atoms with Crippen LogP contribution in [0.4, 0.5) is 11.4 Å². The zero-order valence-electron chi connectivity index (χ0n) is 17.8. The third kappa shape index (κ3) is 3.65. The number of nitrogens with one attached hydrogen (secondary N) is 2. The van der Waals surface area contributed by atoms with Crippen molar-refractivity contribution in [1.29, 1.82) is 0 Å². The molecule has 0 spiro atoms. The summed E-state index contributed by atoms with van der Waals surface area (Å²) in [6.07, 6.45) is 0.225. The standard InChI is InChI=1S/C22H24N4O4S/c1-13(2)21-14(3)25(4)26(22(21)28)17-6-8-18(9-7-17)31(29,30)24-16-5-10-19-15(11-16)12-20(27)23-19/h5-11,13,24H,12H2,1-4H3,(H,23,27). The molecule has 1 amide bonds. The van der Waals surface area contributed by atoms with E-state index in [1.54, 1.807) is 39.7 Å². The normalized spacial score (nSPS) is 13.4. The average Bonchev–Trinajstić information content (AvgIpc) is 3.17. The molecule has 1 aliphatic rings. The molecule has 0 bridgehead atoms. The van der Waals surface area contributed by atoms with Crippen LogP contribution in [0.2, 0.25) is 0 Å². The molecule has 9 heteroatoms. The van der Waals surface area contributed by atoms with E-state index in [-0.39, 0.29) is 28.7 Å². The van der Waals surface area contributed by atoms with Crippen molar-refractivity contribution in [2.75, 3.05) is 10.0 Å². The second-order valence-corrected chi connectivity index (χ2v) is 9.67. The van der Waals surface area contributed by atoms with Crippen LogP contribution in [0.25, 0.3) is 5.69 Å². The van der Waals surface area contributed by atoms with E-state index in [4.69, 9.17) is 0 Å². The van der Waals surface area contributed by atoms with Crippen molar-refractivity contribution in [3.63, 3.8) is 0 Å². The molecule has 0 aliphatic carbocycles. The molecule has 2 aromatic carbocycles. The van der Waals surface area contributed by atoms with Gasteiger partial charge in [-0.2, -0.15) is 0 Å². The molecule has 1 aromatic heterocycles. The van der Waals surface area contributed by atoms with Crippen molar-refractivity contribution in [3.8, 4) is 5.69 Å². The molecule has 0 saturated carbocycles. The lowest BCUT2D eigenvalue weighted by molar-refractivity contribution is -0.115. The molecule has 8 nitrogen and oxygen atoms in total. The van der Waals surface area contributed by atoms with Gasteiger partial charge in [-0.3, -0.25) is 19.0 Å². The highest BCUT2D eigenvalue weighted by Gasteiger charge is 2.21. The van der Waals surface area contributed by atoms with E-state index in [9.17, 15) is 18.0 Å². The number of fused-ring (bicyclic) bond motifs is 1. The molecule has 1 aliphatic heterocycles. The van der Waals surface area contributed by atoms with Gasteiger partial charge in [-0.15, -0.1) is 0 Å². The summed E-state index contributed by atoms with van der Waals surface area (Å²) in [7, 11) is -2.02. The van der Waals surface area contributed by atoms with Crippen LogP contribution in [-0.4, -0.2) is 23.7 Å². The molecule has 0 unspecified atom stereocenters. The van der Waals surface area contributed by atoms with Crippen molar-refractivity contribution in [3.05, 3.63) is 69.6 Å². The molecular formula is C22H24N4O4S. The number of aromatic nitrogens is 2. The van der Waals surface area contributed by atoms with E-state index in [2.05, 4.69) is 10.0 Å². The van der Waals surface area contributed by atoms with Gasteiger partial charge in [-0.05, 0) is 60.9 Å². The molecule has 162 valence electrons. The van der Waals surface area contributed by atoms with Crippen LogP contribution in [0, 0.1) is 6.92 Å². The molecule has 0 fully saturated rings. The Morgan fingerprint density at radius 3 is 2.35 bits per heavy atom. The van der Waals surface area contributed by atoms with Gasteiger partial charge < -0.3 is 5.32 Å². The summed E-state index contributed by atoms with van der Waals surface area (Å²) in [6, 6.07) is 11.1. The zero-order valence-corrected chi connectivity index (χ0v) is 18.6. The predicted octanol–water partition coefficient (Wildman–Crippen LogP) is 2.90. The molecule has 3 aromatic rings. The number of nitrogens with zero attached hydrogens (tertiary/aromatic N) is 2. The number of hydrogen-bond donors (Lipinski definition) is 2. The van der Waals surface area contributed by atoms with E-state index in [0.29, 0.717) is 17.1 Å². The van der Waals surface area contributed by atoms with Gasteiger partial charge in [0, 0.05) is 29.7 Å². The molecule has 0 saturated heterocycles. The van der Waals surface area contributed by atoms with Crippen LogP contribution in [0.3, 0.4) is 0 Å². The first-order valence-corrected chi connectivity index (χ1v) is 11.4. The van der Waals surface area contributed by atoms with E-state index in [0.717, 1.165) is 16.8 Å². The number of benzene rings is 2. The quantitative estimate of drug-likeness (QED) is 0.637. The highest BCUT2D eigenvalue weighted by molar-refractivity contribution is 7.92. The van der Waals surface area contributed by atoms with Crippen molar-refractivity contribution in [1.82, 2.24) is 9.36 Å². The number of carbonyl (C=O) groups is 1. The summed E-state index contributed by atoms with van der Waals surface area (Å²) in [5.74, 6) is -0.0287. The Bertz CT molecular complexity index is 1350. The van der Waals surface area contributed by atoms with Gasteiger partial charge in [0.05, 0.1) is 17.0 Å². The van der Waals surface area contributed by atoms with E-state index in [1.165, 1.54) is 12.1 Å². The molecular weight excluding hydrogens is 416 g/mol. The van der Waals surface area contributed by atoms with E-state index in [1.807, 2.05) is 27.8 Å². The number of amides is 1. The smallest absolute Gasteiger partial charge is 0.275 e. The minimum atomic E-state index is -3.83. The van der Waals surface area contributed by atoms with E-state index >= 15 is 0 Å². The highest BCUT2D eigenvalue weighted by atomic mass is 32.2. The first-order chi connectivity index (χ1) is 14.6. The summed E-state index contributed by atoms with van der Waals surface area (Å²) in [4.78, 5) is 24.5. The Hall–Kier alpha value is -3.33. The van der Waals surface area contributed by atoms with Gasteiger partial charge >= 0.3 is 0 Å². The summed E-state index contributed by atoms with van der Waals surface area (Å²) >= 11 is 0. The van der Waals surface area contributed by atoms with Crippen molar-refractivity contribution >= 4 is 27.3 Å². The fourth-order valence-corrected chi connectivity index (χ4v) is 5.01. The van der Waals surface area contributed by atoms with Crippen LogP contribution < -0.4 is 15.6 Å². The molecule has 31 heavy (non-hydrogen) atoms. The van der Waals surface area contributed by atoms with Gasteiger partial charge in [-0.25, -0.2) is 13.1 Å². The Morgan fingerprint density at radius 2 is 1.74 bits per heavy atom. The lowest BCUT2D eigenvalue weighted by Crippen LogP contribution is -2.21. The number of hydrogen-bond acceptors (Lipinski definition) is 4. The molecule has 0 atom stereocenters. The largest absolute Gasteiger partial charge is 0.326 e. The molecule has 2 heterocycles. The minimum absolute atomic E-state index is 0.0778. The number of carbonyl (C=O) groups excluding carboxylic acids is 1. The average molecular weight is 441 g/mol. The first kappa shape index (κ1) is 20.9. The van der Waals surface area contributed by atoms with Crippen molar-refractivity contribution < 1.29 is 13.2 Å². The third-order valence-electron chi connectivity index (χ3n) is 5.55. The topological polar surface area (TPSA) is 102 Å². The number of rotatable bonds is 5. The van der Waals surface area contributed by atoms with Gasteiger partial charge in [0.25, 0.3) is 15.6 Å². The van der Waals surface area contributed by atoms with Crippen molar-refractivity contribution in [2.45, 2.75) is 38.0 Å². The first-order valence-electron chi connectivity index (χ1n) is 9.93. The predicted molar refractivity (Wildman–Crippen MR) is 119 cm³/mol. The van der Waals surface area contributed by atoms with Gasteiger partial charge in [0.2, 0.25) is 5.91 Å². The second kappa shape index (κ2) is 7.42. The lowest BCUT2D eigenvalue weighted by atomic mass is 10.0. The van der Waals surface area contributed by atoms with Gasteiger partial charge in [0.15, 0.2) is 0 Å². The second-order valence-electron chi connectivity index (χ2n) is 7.99. The van der Waals surface area contributed by atoms with Crippen LogP contribution in [-0.2, 0) is 28.3 Å². The summed E-state index contributed by atoms with van der Waals surface area (Å²) in [5, 5.41) is 2.72. The zero-order chi connectivity index (χ0) is 22.5. The fourth-order valence-electron chi connectivity index (χ4n) is 3.96. The minimum Gasteiger partial charge on any atom is -0.326 e. The summed E-state index contributed by atoms with van der Waals surface area (Å²) in [5.41, 5.74) is 3.93. The van der Waals surface area contributed by atoms with Crippen molar-refractivity contribution in [2.24, 2.45) is 7.05 Å². The van der Waals surface area contributed by atoms with Crippen LogP contribution in [0.1, 0.15) is 36.6 Å². The summed E-state index contributed by atoms with van der Waals surface area (Å²) < 4.78 is 31.5. The molecule has 0 radical (unpaired) electrons. The maximum atomic E-state index is 12.9. The number of anilines is 2. The molecule has 4 rings (SSSR count). The Morgan fingerprint density at radius 1 is 1.06 bits per heavy atom. The monoisotopic (exact) mass is 440 g/mol. The Balaban J connectivity index is 1.63. The highest BCUT2D eigenvalue weighted by Crippen LogP contribution is 2.27. The maximum Gasteiger partial charge on any atom is 0.275 e. The van der Waals surface area contributed by atoms with Crippen LogP contribution in [0.15, 0.2) is 52.2 Å². The maximum absolute atomic E-state index is 12.9. The third-order valence-corrected chi connectivity index (χ3v) is 6.95. The SMILES string of the molecule is Cc1c(C(C)C)c(=O)n(-c2ccc(S(=O)(=O)Nc3ccc4c(c3)CC(=O)N4)cc2)n1C. The van der Waals surface area contributed by atoms with Crippen LogP contribution >= 0.6 is 0 Å². The summed E-state index contributed by atoms with van der Waals surface area (Å²) in [6.45, 7) is 5.84. The van der Waals surface area contributed by atoms with Crippen LogP contribution in [0.5, 0.6) is 0 Å². The van der Waals surface area contributed by atoms with E-state index < -0.39 is 10.0 Å². The lowest BCUT2D eigenvalue weighted by Gasteiger charge is -2.11. The number of sulfonamides is 1.